The summed E-state index contributed by atoms with van der Waals surface area (Å²) in [5.41, 5.74) is 8.36. The van der Waals surface area contributed by atoms with Crippen LogP contribution in [-0.4, -0.2) is 15.1 Å². The number of aromatic nitrogens is 2. The fourth-order valence-corrected chi connectivity index (χ4v) is 4.57. The second-order valence-electron chi connectivity index (χ2n) is 6.66. The number of H-pyrrole nitrogens is 1. The quantitative estimate of drug-likeness (QED) is 0.436. The van der Waals surface area contributed by atoms with Crippen LogP contribution in [0, 0.1) is 0 Å². The van der Waals surface area contributed by atoms with Gasteiger partial charge in [0.15, 0.2) is 0 Å². The molecule has 0 saturated heterocycles. The maximum atomic E-state index is 10.7. The summed E-state index contributed by atoms with van der Waals surface area (Å²) in [5.74, 6) is 0.739. The SMILES string of the molecule is CC(C)c1nc(C(O)Cc2cccc(N)c2)[nH]c1Sc1cc(Cl)cc(Cl)c1. The molecular formula is C20H21Cl2N3OS. The average molecular weight is 422 g/mol. The number of anilines is 1. The first-order valence-corrected chi connectivity index (χ1v) is 10.1. The molecule has 1 atom stereocenters. The zero-order chi connectivity index (χ0) is 19.6. The number of rotatable bonds is 6. The van der Waals surface area contributed by atoms with Crippen molar-refractivity contribution in [3.63, 3.8) is 0 Å². The molecule has 1 unspecified atom stereocenters. The number of aliphatic hydroxyl groups is 1. The summed E-state index contributed by atoms with van der Waals surface area (Å²) >= 11 is 13.7. The van der Waals surface area contributed by atoms with Gasteiger partial charge in [0, 0.05) is 27.0 Å². The van der Waals surface area contributed by atoms with Gasteiger partial charge >= 0.3 is 0 Å². The Morgan fingerprint density at radius 1 is 1.15 bits per heavy atom. The van der Waals surface area contributed by atoms with Gasteiger partial charge in [-0.3, -0.25) is 0 Å². The molecule has 142 valence electrons. The van der Waals surface area contributed by atoms with E-state index < -0.39 is 6.10 Å². The van der Waals surface area contributed by atoms with Crippen LogP contribution >= 0.6 is 35.0 Å². The Balaban J connectivity index is 1.86. The summed E-state index contributed by atoms with van der Waals surface area (Å²) in [5, 5.41) is 12.7. The Hall–Kier alpha value is -1.66. The zero-order valence-corrected chi connectivity index (χ0v) is 17.4. The van der Waals surface area contributed by atoms with Crippen molar-refractivity contribution < 1.29 is 5.11 Å². The van der Waals surface area contributed by atoms with Crippen LogP contribution in [0.15, 0.2) is 52.4 Å². The monoisotopic (exact) mass is 421 g/mol. The molecule has 0 amide bonds. The van der Waals surface area contributed by atoms with Crippen molar-refractivity contribution >= 4 is 40.7 Å². The second kappa shape index (κ2) is 8.57. The van der Waals surface area contributed by atoms with E-state index in [1.165, 1.54) is 11.8 Å². The van der Waals surface area contributed by atoms with Crippen LogP contribution < -0.4 is 5.73 Å². The standard InChI is InChI=1S/C20H21Cl2N3OS/c1-11(2)18-20(27-16-9-13(21)8-14(22)10-16)25-19(24-18)17(26)7-12-4-3-5-15(23)6-12/h3-6,8-11,17,26H,7,23H2,1-2H3,(H,24,25). The summed E-state index contributed by atoms with van der Waals surface area (Å²) in [6.07, 6.45) is -0.315. The number of imidazole rings is 1. The number of hydrogen-bond donors (Lipinski definition) is 3. The molecule has 1 aromatic heterocycles. The molecule has 4 nitrogen and oxygen atoms in total. The van der Waals surface area contributed by atoms with Crippen molar-refractivity contribution in [3.8, 4) is 0 Å². The molecule has 7 heteroatoms. The van der Waals surface area contributed by atoms with Crippen molar-refractivity contribution in [1.29, 1.82) is 0 Å². The van der Waals surface area contributed by atoms with Crippen LogP contribution in [0.5, 0.6) is 0 Å². The van der Waals surface area contributed by atoms with Crippen LogP contribution in [-0.2, 0) is 6.42 Å². The lowest BCUT2D eigenvalue weighted by molar-refractivity contribution is 0.169. The van der Waals surface area contributed by atoms with Crippen molar-refractivity contribution in [2.75, 3.05) is 5.73 Å². The third-order valence-electron chi connectivity index (χ3n) is 4.01. The van der Waals surface area contributed by atoms with E-state index in [2.05, 4.69) is 23.8 Å². The Bertz CT molecular complexity index is 922. The van der Waals surface area contributed by atoms with E-state index in [9.17, 15) is 5.11 Å². The maximum Gasteiger partial charge on any atom is 0.136 e. The van der Waals surface area contributed by atoms with Crippen molar-refractivity contribution in [2.24, 2.45) is 0 Å². The van der Waals surface area contributed by atoms with Gasteiger partial charge in [0.05, 0.1) is 5.69 Å². The molecule has 0 spiro atoms. The minimum absolute atomic E-state index is 0.201. The Morgan fingerprint density at radius 3 is 2.48 bits per heavy atom. The van der Waals surface area contributed by atoms with Crippen LogP contribution in [0.3, 0.4) is 0 Å². The van der Waals surface area contributed by atoms with Crippen molar-refractivity contribution in [2.45, 2.75) is 42.2 Å². The summed E-state index contributed by atoms with van der Waals surface area (Å²) < 4.78 is 0. The van der Waals surface area contributed by atoms with Gasteiger partial charge in [-0.15, -0.1) is 0 Å². The van der Waals surface area contributed by atoms with E-state index in [0.29, 0.717) is 28.0 Å². The van der Waals surface area contributed by atoms with Gasteiger partial charge in [-0.05, 0) is 41.8 Å². The summed E-state index contributed by atoms with van der Waals surface area (Å²) in [6, 6.07) is 12.9. The molecule has 3 rings (SSSR count). The molecule has 3 aromatic rings. The molecule has 2 aromatic carbocycles. The normalized spacial score (nSPS) is 12.5. The number of hydrogen-bond acceptors (Lipinski definition) is 4. The highest BCUT2D eigenvalue weighted by molar-refractivity contribution is 7.99. The smallest absolute Gasteiger partial charge is 0.136 e. The number of nitrogens with zero attached hydrogens (tertiary/aromatic N) is 1. The number of halogens is 2. The van der Waals surface area contributed by atoms with E-state index in [-0.39, 0.29) is 5.92 Å². The maximum absolute atomic E-state index is 10.7. The average Bonchev–Trinajstić information content (AvgIpc) is 2.98. The van der Waals surface area contributed by atoms with Gasteiger partial charge in [0.2, 0.25) is 0 Å². The number of nitrogens with one attached hydrogen (secondary N) is 1. The molecular weight excluding hydrogens is 401 g/mol. The van der Waals surface area contributed by atoms with Gasteiger partial charge in [-0.2, -0.15) is 0 Å². The van der Waals surface area contributed by atoms with E-state index in [1.807, 2.05) is 36.4 Å². The second-order valence-corrected chi connectivity index (χ2v) is 8.62. The summed E-state index contributed by atoms with van der Waals surface area (Å²) in [6.45, 7) is 4.14. The highest BCUT2D eigenvalue weighted by atomic mass is 35.5. The van der Waals surface area contributed by atoms with Crippen molar-refractivity contribution in [3.05, 3.63) is 69.6 Å². The first-order valence-electron chi connectivity index (χ1n) is 8.58. The Morgan fingerprint density at radius 2 is 1.85 bits per heavy atom. The van der Waals surface area contributed by atoms with Gasteiger partial charge in [0.1, 0.15) is 17.0 Å². The third kappa shape index (κ3) is 5.20. The minimum Gasteiger partial charge on any atom is -0.399 e. The first-order chi connectivity index (χ1) is 12.8. The summed E-state index contributed by atoms with van der Waals surface area (Å²) in [7, 11) is 0. The highest BCUT2D eigenvalue weighted by Gasteiger charge is 2.20. The van der Waals surface area contributed by atoms with Crippen molar-refractivity contribution in [1.82, 2.24) is 9.97 Å². The van der Waals surface area contributed by atoms with Gasteiger partial charge in [-0.25, -0.2) is 4.98 Å². The number of benzene rings is 2. The minimum atomic E-state index is -0.749. The van der Waals surface area contributed by atoms with Gasteiger partial charge in [-0.1, -0.05) is 60.9 Å². The van der Waals surface area contributed by atoms with Crippen LogP contribution in [0.1, 0.15) is 43.0 Å². The largest absolute Gasteiger partial charge is 0.399 e. The zero-order valence-electron chi connectivity index (χ0n) is 15.0. The van der Waals surface area contributed by atoms with Crippen LogP contribution in [0.25, 0.3) is 0 Å². The van der Waals surface area contributed by atoms with E-state index >= 15 is 0 Å². The molecule has 0 radical (unpaired) electrons. The number of nitrogens with two attached hydrogens (primary N) is 1. The molecule has 1 heterocycles. The molecule has 0 aliphatic rings. The van der Waals surface area contributed by atoms with Gasteiger partial charge < -0.3 is 15.8 Å². The highest BCUT2D eigenvalue weighted by Crippen LogP contribution is 2.36. The molecule has 0 bridgehead atoms. The van der Waals surface area contributed by atoms with Crippen LogP contribution in [0.2, 0.25) is 10.0 Å². The van der Waals surface area contributed by atoms with E-state index in [0.717, 1.165) is 21.2 Å². The Kier molecular flexibility index (Phi) is 6.37. The lowest BCUT2D eigenvalue weighted by Gasteiger charge is -2.08. The molecule has 27 heavy (non-hydrogen) atoms. The molecule has 0 aliphatic heterocycles. The summed E-state index contributed by atoms with van der Waals surface area (Å²) in [4.78, 5) is 8.83. The number of aliphatic hydroxyl groups excluding tert-OH is 1. The van der Waals surface area contributed by atoms with Gasteiger partial charge in [0.25, 0.3) is 0 Å². The molecule has 4 N–H and O–H groups in total. The lowest BCUT2D eigenvalue weighted by atomic mass is 10.1. The topological polar surface area (TPSA) is 74.9 Å². The Labute approximate surface area is 173 Å². The first kappa shape index (κ1) is 20.1. The molecule has 0 saturated carbocycles. The molecule has 0 fully saturated rings. The van der Waals surface area contributed by atoms with E-state index in [1.54, 1.807) is 6.07 Å². The number of aromatic amines is 1. The predicted octanol–water partition coefficient (Wildman–Crippen LogP) is 5.85. The fourth-order valence-electron chi connectivity index (χ4n) is 2.76. The fraction of sp³-hybridized carbons (Fsp3) is 0.250. The molecule has 0 aliphatic carbocycles. The third-order valence-corrected chi connectivity index (χ3v) is 5.44. The van der Waals surface area contributed by atoms with Crippen LogP contribution in [0.4, 0.5) is 5.69 Å². The lowest BCUT2D eigenvalue weighted by Crippen LogP contribution is -2.04. The predicted molar refractivity (Wildman–Crippen MR) is 113 cm³/mol. The van der Waals surface area contributed by atoms with E-state index in [4.69, 9.17) is 28.9 Å². The number of nitrogen functional groups attached to an aromatic ring is 1.